The van der Waals surface area contributed by atoms with Crippen molar-refractivity contribution in [3.05, 3.63) is 29.8 Å². The molecule has 0 saturated carbocycles. The van der Waals surface area contributed by atoms with E-state index in [9.17, 15) is 9.59 Å². The quantitative estimate of drug-likeness (QED) is 0.668. The molecule has 2 amide bonds. The predicted molar refractivity (Wildman–Crippen MR) is 128 cm³/mol. The lowest BCUT2D eigenvalue weighted by Gasteiger charge is -2.36. The van der Waals surface area contributed by atoms with Gasteiger partial charge in [-0.1, -0.05) is 25.1 Å². The van der Waals surface area contributed by atoms with E-state index in [2.05, 4.69) is 33.0 Å². The van der Waals surface area contributed by atoms with Gasteiger partial charge in [0.25, 0.3) is 0 Å². The summed E-state index contributed by atoms with van der Waals surface area (Å²) >= 11 is 0. The molecular weight excluding hydrogens is 402 g/mol. The maximum atomic E-state index is 13.0. The van der Waals surface area contributed by atoms with Crippen molar-refractivity contribution in [3.8, 4) is 0 Å². The molecule has 1 unspecified atom stereocenters. The smallest absolute Gasteiger partial charge is 0.238 e. The fraction of sp³-hybridized carbons (Fsp3) is 0.680. The molecule has 0 bridgehead atoms. The van der Waals surface area contributed by atoms with Crippen LogP contribution in [-0.2, 0) is 16.0 Å². The monoisotopic (exact) mass is 441 g/mol. The molecule has 3 heterocycles. The van der Waals surface area contributed by atoms with Crippen molar-refractivity contribution in [3.63, 3.8) is 0 Å². The summed E-state index contributed by atoms with van der Waals surface area (Å²) in [6, 6.07) is 8.50. The summed E-state index contributed by atoms with van der Waals surface area (Å²) in [6.45, 7) is 10.6. The summed E-state index contributed by atoms with van der Waals surface area (Å²) < 4.78 is 0. The third-order valence-electron chi connectivity index (χ3n) is 7.27. The Morgan fingerprint density at radius 3 is 2.41 bits per heavy atom. The fourth-order valence-corrected chi connectivity index (χ4v) is 5.35. The van der Waals surface area contributed by atoms with E-state index in [-0.39, 0.29) is 11.8 Å². The van der Waals surface area contributed by atoms with Crippen molar-refractivity contribution in [1.82, 2.24) is 19.6 Å². The van der Waals surface area contributed by atoms with Gasteiger partial charge in [0, 0.05) is 44.5 Å². The number of nitrogens with one attached hydrogen (secondary N) is 1. The predicted octanol–water partition coefficient (Wildman–Crippen LogP) is 1.89. The molecule has 0 spiro atoms. The average Bonchev–Trinajstić information content (AvgIpc) is 3.47. The fourth-order valence-electron chi connectivity index (χ4n) is 5.35. The van der Waals surface area contributed by atoms with Gasteiger partial charge in [0.05, 0.1) is 13.1 Å². The standard InChI is InChI=1S/C25H39N5O2/c1-2-21-8-3-4-10-23(21)26-24(31)19-28-14-16-29(17-15-28)25(32)20-30-13-7-9-22(30)18-27-11-5-6-12-27/h3-4,8,10,22H,2,5-7,9,11-20H2,1H3,(H,26,31). The third kappa shape index (κ3) is 6.09. The molecule has 1 aromatic carbocycles. The average molecular weight is 442 g/mol. The van der Waals surface area contributed by atoms with Crippen molar-refractivity contribution in [1.29, 1.82) is 0 Å². The van der Waals surface area contributed by atoms with Gasteiger partial charge in [-0.3, -0.25) is 19.4 Å². The van der Waals surface area contributed by atoms with Gasteiger partial charge >= 0.3 is 0 Å². The van der Waals surface area contributed by atoms with E-state index in [1.807, 2.05) is 23.1 Å². The first-order valence-corrected chi connectivity index (χ1v) is 12.5. The normalized spacial score (nSPS) is 23.0. The lowest BCUT2D eigenvalue weighted by Crippen LogP contribution is -2.53. The zero-order valence-electron chi connectivity index (χ0n) is 19.6. The Bertz CT molecular complexity index is 771. The molecule has 3 saturated heterocycles. The van der Waals surface area contributed by atoms with E-state index in [1.165, 1.54) is 38.8 Å². The number of aryl methyl sites for hydroxylation is 1. The number of benzene rings is 1. The Kier molecular flexibility index (Phi) is 8.16. The van der Waals surface area contributed by atoms with Gasteiger partial charge < -0.3 is 15.1 Å². The molecule has 0 aromatic heterocycles. The second-order valence-electron chi connectivity index (χ2n) is 9.49. The van der Waals surface area contributed by atoms with E-state index in [0.717, 1.165) is 43.9 Å². The highest BCUT2D eigenvalue weighted by Crippen LogP contribution is 2.21. The first-order chi connectivity index (χ1) is 15.6. The van der Waals surface area contributed by atoms with Crippen molar-refractivity contribution < 1.29 is 9.59 Å². The van der Waals surface area contributed by atoms with Crippen molar-refractivity contribution in [2.45, 2.75) is 45.1 Å². The Labute approximate surface area is 192 Å². The van der Waals surface area contributed by atoms with Crippen LogP contribution in [0.15, 0.2) is 24.3 Å². The molecule has 3 aliphatic heterocycles. The summed E-state index contributed by atoms with van der Waals surface area (Å²) in [7, 11) is 0. The number of nitrogens with zero attached hydrogens (tertiary/aromatic N) is 4. The first kappa shape index (κ1) is 23.2. The third-order valence-corrected chi connectivity index (χ3v) is 7.27. The zero-order valence-corrected chi connectivity index (χ0v) is 19.6. The number of carbonyl (C=O) groups excluding carboxylic acids is 2. The number of likely N-dealkylation sites (tertiary alicyclic amines) is 2. The lowest BCUT2D eigenvalue weighted by molar-refractivity contribution is -0.134. The molecule has 176 valence electrons. The van der Waals surface area contributed by atoms with Crippen LogP contribution in [0, 0.1) is 0 Å². The Morgan fingerprint density at radius 1 is 0.906 bits per heavy atom. The second kappa shape index (κ2) is 11.3. The van der Waals surface area contributed by atoms with Gasteiger partial charge in [0.2, 0.25) is 11.8 Å². The minimum absolute atomic E-state index is 0.0208. The molecule has 0 radical (unpaired) electrons. The number of hydrogen-bond donors (Lipinski definition) is 1. The summed E-state index contributed by atoms with van der Waals surface area (Å²) in [5, 5.41) is 3.05. The van der Waals surface area contributed by atoms with Crippen molar-refractivity contribution >= 4 is 17.5 Å². The van der Waals surface area contributed by atoms with Crippen LogP contribution in [0.5, 0.6) is 0 Å². The Balaban J connectivity index is 1.19. The van der Waals surface area contributed by atoms with Gasteiger partial charge in [-0.15, -0.1) is 0 Å². The minimum Gasteiger partial charge on any atom is -0.339 e. The van der Waals surface area contributed by atoms with E-state index in [1.54, 1.807) is 0 Å². The van der Waals surface area contributed by atoms with Gasteiger partial charge in [0.1, 0.15) is 0 Å². The number of carbonyl (C=O) groups is 2. The largest absolute Gasteiger partial charge is 0.339 e. The number of anilines is 1. The van der Waals surface area contributed by atoms with Crippen LogP contribution in [0.25, 0.3) is 0 Å². The molecule has 1 atom stereocenters. The highest BCUT2D eigenvalue weighted by Gasteiger charge is 2.31. The Hall–Kier alpha value is -1.96. The molecule has 32 heavy (non-hydrogen) atoms. The van der Waals surface area contributed by atoms with E-state index >= 15 is 0 Å². The van der Waals surface area contributed by atoms with Gasteiger partial charge in [-0.25, -0.2) is 0 Å². The summed E-state index contributed by atoms with van der Waals surface area (Å²) in [4.78, 5) is 34.6. The van der Waals surface area contributed by atoms with Crippen molar-refractivity contribution in [2.24, 2.45) is 0 Å². The minimum atomic E-state index is 0.0208. The van der Waals surface area contributed by atoms with Crippen LogP contribution in [0.3, 0.4) is 0 Å². The zero-order chi connectivity index (χ0) is 22.3. The molecule has 1 N–H and O–H groups in total. The summed E-state index contributed by atoms with van der Waals surface area (Å²) in [6.07, 6.45) is 5.95. The van der Waals surface area contributed by atoms with Crippen LogP contribution in [-0.4, -0.2) is 103 Å². The number of rotatable bonds is 8. The number of piperazine rings is 1. The lowest BCUT2D eigenvalue weighted by atomic mass is 10.1. The Morgan fingerprint density at radius 2 is 1.66 bits per heavy atom. The van der Waals surface area contributed by atoms with Gasteiger partial charge in [-0.2, -0.15) is 0 Å². The topological polar surface area (TPSA) is 59.1 Å². The molecule has 7 heteroatoms. The van der Waals surface area contributed by atoms with Crippen LogP contribution in [0.4, 0.5) is 5.69 Å². The number of para-hydroxylation sites is 1. The highest BCUT2D eigenvalue weighted by molar-refractivity contribution is 5.93. The molecule has 7 nitrogen and oxygen atoms in total. The van der Waals surface area contributed by atoms with E-state index in [4.69, 9.17) is 0 Å². The molecule has 3 fully saturated rings. The van der Waals surface area contributed by atoms with Crippen LogP contribution >= 0.6 is 0 Å². The summed E-state index contributed by atoms with van der Waals surface area (Å²) in [5.41, 5.74) is 2.06. The molecule has 0 aliphatic carbocycles. The van der Waals surface area contributed by atoms with Crippen LogP contribution < -0.4 is 5.32 Å². The molecule has 4 rings (SSSR count). The van der Waals surface area contributed by atoms with Crippen LogP contribution in [0.1, 0.15) is 38.2 Å². The molecule has 1 aromatic rings. The number of hydrogen-bond acceptors (Lipinski definition) is 5. The number of amides is 2. The van der Waals surface area contributed by atoms with Gasteiger partial charge in [-0.05, 0) is 63.4 Å². The molecular formula is C25H39N5O2. The van der Waals surface area contributed by atoms with Crippen molar-refractivity contribution in [2.75, 3.05) is 70.8 Å². The molecule has 3 aliphatic rings. The first-order valence-electron chi connectivity index (χ1n) is 12.5. The van der Waals surface area contributed by atoms with E-state index < -0.39 is 0 Å². The maximum absolute atomic E-state index is 13.0. The SMILES string of the molecule is CCc1ccccc1NC(=O)CN1CCN(C(=O)CN2CCCC2CN2CCCC2)CC1. The second-order valence-corrected chi connectivity index (χ2v) is 9.49. The maximum Gasteiger partial charge on any atom is 0.238 e. The highest BCUT2D eigenvalue weighted by atomic mass is 16.2. The van der Waals surface area contributed by atoms with E-state index in [0.29, 0.717) is 32.2 Å². The van der Waals surface area contributed by atoms with Crippen LogP contribution in [0.2, 0.25) is 0 Å². The van der Waals surface area contributed by atoms with Gasteiger partial charge in [0.15, 0.2) is 0 Å². The summed E-state index contributed by atoms with van der Waals surface area (Å²) in [5.74, 6) is 0.270.